The normalized spacial score (nSPS) is 16.3. The Kier molecular flexibility index (Phi) is 4.62. The topological polar surface area (TPSA) is 41.1 Å². The van der Waals surface area contributed by atoms with Gasteiger partial charge in [-0.05, 0) is 38.1 Å². The fourth-order valence-electron chi connectivity index (χ4n) is 2.48. The van der Waals surface area contributed by atoms with Crippen molar-refractivity contribution in [1.82, 2.24) is 10.6 Å². The molecule has 0 unspecified atom stereocenters. The van der Waals surface area contributed by atoms with Gasteiger partial charge in [0.25, 0.3) is 5.91 Å². The second-order valence-electron chi connectivity index (χ2n) is 5.00. The molecule has 1 aliphatic rings. The molecule has 2 aromatic rings. The van der Waals surface area contributed by atoms with Crippen molar-refractivity contribution in [3.05, 3.63) is 32.1 Å². The highest BCUT2D eigenvalue weighted by Gasteiger charge is 2.22. The van der Waals surface area contributed by atoms with E-state index in [1.54, 1.807) is 12.1 Å². The van der Waals surface area contributed by atoms with E-state index in [2.05, 4.69) is 10.6 Å². The van der Waals surface area contributed by atoms with Gasteiger partial charge in [0.15, 0.2) is 0 Å². The maximum Gasteiger partial charge on any atom is 0.263 e. The molecule has 1 amide bonds. The van der Waals surface area contributed by atoms with Crippen molar-refractivity contribution in [3.8, 4) is 0 Å². The van der Waals surface area contributed by atoms with Crippen molar-refractivity contribution in [2.24, 2.45) is 0 Å². The lowest BCUT2D eigenvalue weighted by Gasteiger charge is -2.23. The van der Waals surface area contributed by atoms with E-state index in [9.17, 15) is 4.79 Å². The zero-order chi connectivity index (χ0) is 15.0. The molecule has 1 aromatic carbocycles. The van der Waals surface area contributed by atoms with Crippen LogP contribution in [0.2, 0.25) is 15.1 Å². The molecule has 0 radical (unpaired) electrons. The Morgan fingerprint density at radius 2 is 1.95 bits per heavy atom. The van der Waals surface area contributed by atoms with Gasteiger partial charge in [-0.1, -0.05) is 34.8 Å². The summed E-state index contributed by atoms with van der Waals surface area (Å²) in [5.41, 5.74) is 0. The largest absolute Gasteiger partial charge is 0.348 e. The average Bonchev–Trinajstić information content (AvgIpc) is 2.77. The van der Waals surface area contributed by atoms with Crippen LogP contribution in [0.3, 0.4) is 0 Å². The maximum atomic E-state index is 12.4. The Labute approximate surface area is 141 Å². The number of carbonyl (C=O) groups excluding carboxylic acids is 1. The van der Waals surface area contributed by atoms with Gasteiger partial charge < -0.3 is 10.6 Å². The van der Waals surface area contributed by atoms with Crippen molar-refractivity contribution in [2.45, 2.75) is 18.9 Å². The monoisotopic (exact) mass is 362 g/mol. The van der Waals surface area contributed by atoms with Crippen molar-refractivity contribution in [1.29, 1.82) is 0 Å². The van der Waals surface area contributed by atoms with Crippen LogP contribution in [0.4, 0.5) is 0 Å². The quantitative estimate of drug-likeness (QED) is 0.833. The minimum absolute atomic E-state index is 0.139. The Hall–Kier alpha value is -0.520. The first-order valence-corrected chi connectivity index (χ1v) is 8.60. The van der Waals surface area contributed by atoms with Crippen LogP contribution in [0.5, 0.6) is 0 Å². The summed E-state index contributed by atoms with van der Waals surface area (Å²) < 4.78 is 0.827. The van der Waals surface area contributed by atoms with E-state index in [1.807, 2.05) is 0 Å². The number of fused-ring (bicyclic) bond motifs is 1. The van der Waals surface area contributed by atoms with Crippen LogP contribution >= 0.6 is 46.1 Å². The van der Waals surface area contributed by atoms with Gasteiger partial charge in [0.1, 0.15) is 4.88 Å². The van der Waals surface area contributed by atoms with Crippen LogP contribution in [0.25, 0.3) is 10.1 Å². The molecule has 0 saturated carbocycles. The Bertz CT molecular complexity index is 695. The molecule has 1 aromatic heterocycles. The molecule has 1 fully saturated rings. The van der Waals surface area contributed by atoms with Crippen LogP contribution in [-0.2, 0) is 0 Å². The number of halogens is 3. The number of rotatable bonds is 2. The molecular formula is C14H13Cl3N2OS. The molecule has 0 bridgehead atoms. The predicted molar refractivity (Wildman–Crippen MR) is 90.2 cm³/mol. The lowest BCUT2D eigenvalue weighted by molar-refractivity contribution is 0.0934. The molecule has 1 saturated heterocycles. The second-order valence-corrected chi connectivity index (χ2v) is 7.28. The number of benzene rings is 1. The van der Waals surface area contributed by atoms with Crippen LogP contribution < -0.4 is 10.6 Å². The number of hydrogen-bond donors (Lipinski definition) is 2. The molecule has 3 rings (SSSR count). The highest BCUT2D eigenvalue weighted by Crippen LogP contribution is 2.41. The first-order valence-electron chi connectivity index (χ1n) is 6.65. The van der Waals surface area contributed by atoms with Gasteiger partial charge in [-0.3, -0.25) is 4.79 Å². The first-order chi connectivity index (χ1) is 10.1. The van der Waals surface area contributed by atoms with E-state index in [4.69, 9.17) is 34.8 Å². The van der Waals surface area contributed by atoms with Crippen molar-refractivity contribution < 1.29 is 4.79 Å². The number of piperidine rings is 1. The van der Waals surface area contributed by atoms with Crippen LogP contribution in [0, 0.1) is 0 Å². The Balaban J connectivity index is 1.91. The van der Waals surface area contributed by atoms with Gasteiger partial charge in [0.05, 0.1) is 10.0 Å². The predicted octanol–water partition coefficient (Wildman–Crippen LogP) is 4.34. The Morgan fingerprint density at radius 3 is 2.67 bits per heavy atom. The van der Waals surface area contributed by atoms with Crippen LogP contribution in [-0.4, -0.2) is 25.0 Å². The summed E-state index contributed by atoms with van der Waals surface area (Å²) >= 11 is 19.8. The highest BCUT2D eigenvalue weighted by atomic mass is 35.5. The minimum atomic E-state index is -0.139. The summed E-state index contributed by atoms with van der Waals surface area (Å²) in [6.07, 6.45) is 1.86. The summed E-state index contributed by atoms with van der Waals surface area (Å²) in [5, 5.41) is 8.42. The van der Waals surface area contributed by atoms with E-state index in [0.717, 1.165) is 30.6 Å². The van der Waals surface area contributed by atoms with Gasteiger partial charge in [0, 0.05) is 21.2 Å². The molecule has 3 nitrogen and oxygen atoms in total. The standard InChI is InChI=1S/C14H13Cl3N2OS/c15-7-5-9(16)11-10(6-7)21-13(12(11)17)14(20)19-8-1-3-18-4-2-8/h5-6,8,18H,1-4H2,(H,19,20). The number of nitrogens with one attached hydrogen (secondary N) is 2. The summed E-state index contributed by atoms with van der Waals surface area (Å²) in [4.78, 5) is 12.9. The van der Waals surface area contributed by atoms with Gasteiger partial charge in [-0.15, -0.1) is 11.3 Å². The van der Waals surface area contributed by atoms with E-state index in [1.165, 1.54) is 11.3 Å². The van der Waals surface area contributed by atoms with E-state index in [-0.39, 0.29) is 11.9 Å². The van der Waals surface area contributed by atoms with Gasteiger partial charge in [-0.25, -0.2) is 0 Å². The lowest BCUT2D eigenvalue weighted by atomic mass is 10.1. The first kappa shape index (κ1) is 15.4. The molecule has 0 aliphatic carbocycles. The fraction of sp³-hybridized carbons (Fsp3) is 0.357. The smallest absolute Gasteiger partial charge is 0.263 e. The zero-order valence-corrected chi connectivity index (χ0v) is 14.1. The summed E-state index contributed by atoms with van der Waals surface area (Å²) in [5.74, 6) is -0.139. The van der Waals surface area contributed by atoms with Crippen molar-refractivity contribution in [3.63, 3.8) is 0 Å². The molecule has 112 valence electrons. The number of hydrogen-bond acceptors (Lipinski definition) is 3. The third kappa shape index (κ3) is 3.15. The Morgan fingerprint density at radius 1 is 1.24 bits per heavy atom. The molecular weight excluding hydrogens is 351 g/mol. The third-order valence-electron chi connectivity index (χ3n) is 3.53. The number of carbonyl (C=O) groups is 1. The highest BCUT2D eigenvalue weighted by molar-refractivity contribution is 7.21. The second kappa shape index (κ2) is 6.31. The molecule has 1 aliphatic heterocycles. The zero-order valence-electron chi connectivity index (χ0n) is 11.0. The van der Waals surface area contributed by atoms with Gasteiger partial charge in [-0.2, -0.15) is 0 Å². The summed E-state index contributed by atoms with van der Waals surface area (Å²) in [6, 6.07) is 3.61. The molecule has 21 heavy (non-hydrogen) atoms. The van der Waals surface area contributed by atoms with Crippen LogP contribution in [0.15, 0.2) is 12.1 Å². The van der Waals surface area contributed by atoms with Crippen molar-refractivity contribution >= 4 is 62.1 Å². The van der Waals surface area contributed by atoms with E-state index >= 15 is 0 Å². The number of thiophene rings is 1. The van der Waals surface area contributed by atoms with Gasteiger partial charge >= 0.3 is 0 Å². The molecule has 0 atom stereocenters. The molecule has 2 N–H and O–H groups in total. The summed E-state index contributed by atoms with van der Waals surface area (Å²) in [6.45, 7) is 1.85. The summed E-state index contributed by atoms with van der Waals surface area (Å²) in [7, 11) is 0. The lowest BCUT2D eigenvalue weighted by Crippen LogP contribution is -2.42. The minimum Gasteiger partial charge on any atom is -0.348 e. The van der Waals surface area contributed by atoms with E-state index in [0.29, 0.717) is 25.3 Å². The molecule has 2 heterocycles. The van der Waals surface area contributed by atoms with Gasteiger partial charge in [0.2, 0.25) is 0 Å². The van der Waals surface area contributed by atoms with Crippen LogP contribution in [0.1, 0.15) is 22.5 Å². The number of amides is 1. The third-order valence-corrected chi connectivity index (χ3v) is 5.67. The molecule has 0 spiro atoms. The SMILES string of the molecule is O=C(NC1CCNCC1)c1sc2cc(Cl)cc(Cl)c2c1Cl. The average molecular weight is 364 g/mol. The van der Waals surface area contributed by atoms with Crippen molar-refractivity contribution in [2.75, 3.05) is 13.1 Å². The fourth-order valence-corrected chi connectivity index (χ4v) is 4.76. The molecule has 7 heteroatoms. The maximum absolute atomic E-state index is 12.4. The van der Waals surface area contributed by atoms with E-state index < -0.39 is 0 Å².